The molecule has 0 aliphatic carbocycles. The van der Waals surface area contributed by atoms with Gasteiger partial charge in [-0.05, 0) is 48.9 Å². The number of nitrogens with one attached hydrogen (secondary N) is 1. The number of ether oxygens (including phenoxy) is 3. The van der Waals surface area contributed by atoms with Crippen LogP contribution in [0.25, 0.3) is 5.65 Å². The molecule has 0 radical (unpaired) electrons. The van der Waals surface area contributed by atoms with Crippen molar-refractivity contribution in [2.45, 2.75) is 13.5 Å². The van der Waals surface area contributed by atoms with Crippen LogP contribution >= 0.6 is 0 Å². The van der Waals surface area contributed by atoms with Gasteiger partial charge in [0.2, 0.25) is 0 Å². The number of fused-ring (bicyclic) bond motifs is 1. The lowest BCUT2D eigenvalue weighted by Crippen LogP contribution is -2.13. The Balaban J connectivity index is 1.46. The summed E-state index contributed by atoms with van der Waals surface area (Å²) >= 11 is 0. The van der Waals surface area contributed by atoms with Crippen molar-refractivity contribution in [3.8, 4) is 17.2 Å². The van der Waals surface area contributed by atoms with Crippen LogP contribution in [0.2, 0.25) is 0 Å². The van der Waals surface area contributed by atoms with E-state index in [4.69, 9.17) is 14.2 Å². The third-order valence-electron chi connectivity index (χ3n) is 4.79. The number of anilines is 1. The first kappa shape index (κ1) is 20.3. The van der Waals surface area contributed by atoms with Crippen molar-refractivity contribution in [2.24, 2.45) is 0 Å². The Morgan fingerprint density at radius 2 is 1.87 bits per heavy atom. The third-order valence-corrected chi connectivity index (χ3v) is 4.79. The standard InChI is InChI=1S/C24H23N3O4/c1-16-7-10-23-25-18(14-27(23)13-16)15-31-20-6-4-5-17(11-20)24(28)26-21-12-19(29-2)8-9-22(21)30-3/h4-14H,15H2,1-3H3,(H,26,28). The summed E-state index contributed by atoms with van der Waals surface area (Å²) in [6, 6.07) is 16.2. The molecule has 7 heteroatoms. The highest BCUT2D eigenvalue weighted by atomic mass is 16.5. The van der Waals surface area contributed by atoms with Crippen molar-refractivity contribution >= 4 is 17.2 Å². The van der Waals surface area contributed by atoms with E-state index >= 15 is 0 Å². The van der Waals surface area contributed by atoms with Crippen molar-refractivity contribution in [1.82, 2.24) is 9.38 Å². The van der Waals surface area contributed by atoms with Gasteiger partial charge >= 0.3 is 0 Å². The fourth-order valence-corrected chi connectivity index (χ4v) is 3.22. The van der Waals surface area contributed by atoms with Crippen molar-refractivity contribution in [3.05, 3.63) is 83.8 Å². The molecule has 4 aromatic rings. The fraction of sp³-hybridized carbons (Fsp3) is 0.167. The lowest BCUT2D eigenvalue weighted by atomic mass is 10.2. The smallest absolute Gasteiger partial charge is 0.255 e. The first-order valence-electron chi connectivity index (χ1n) is 9.76. The summed E-state index contributed by atoms with van der Waals surface area (Å²) in [5.74, 6) is 1.47. The Kier molecular flexibility index (Phi) is 5.75. The van der Waals surface area contributed by atoms with E-state index in [9.17, 15) is 4.79 Å². The number of pyridine rings is 1. The number of rotatable bonds is 7. The maximum Gasteiger partial charge on any atom is 0.255 e. The molecule has 7 nitrogen and oxygen atoms in total. The SMILES string of the molecule is COc1ccc(OC)c(NC(=O)c2cccc(OCc3cn4cc(C)ccc4n3)c2)c1. The number of nitrogens with zero attached hydrogens (tertiary/aromatic N) is 2. The largest absolute Gasteiger partial charge is 0.497 e. The number of hydrogen-bond acceptors (Lipinski definition) is 5. The highest BCUT2D eigenvalue weighted by Gasteiger charge is 2.12. The molecule has 0 saturated carbocycles. The quantitative estimate of drug-likeness (QED) is 0.480. The normalized spacial score (nSPS) is 10.7. The van der Waals surface area contributed by atoms with Crippen molar-refractivity contribution in [2.75, 3.05) is 19.5 Å². The molecule has 0 saturated heterocycles. The van der Waals surface area contributed by atoms with Gasteiger partial charge in [-0.15, -0.1) is 0 Å². The minimum absolute atomic E-state index is 0.278. The molecule has 0 fully saturated rings. The molecule has 2 aromatic heterocycles. The van der Waals surface area contributed by atoms with E-state index in [1.165, 1.54) is 0 Å². The van der Waals surface area contributed by atoms with Crippen molar-refractivity contribution in [1.29, 1.82) is 0 Å². The Morgan fingerprint density at radius 3 is 2.68 bits per heavy atom. The highest BCUT2D eigenvalue weighted by molar-refractivity contribution is 6.05. The number of carbonyl (C=O) groups excluding carboxylic acids is 1. The molecule has 2 heterocycles. The number of carbonyl (C=O) groups is 1. The number of amides is 1. The van der Waals surface area contributed by atoms with E-state index in [-0.39, 0.29) is 5.91 Å². The number of aryl methyl sites for hydroxylation is 1. The number of methoxy groups -OCH3 is 2. The van der Waals surface area contributed by atoms with E-state index in [2.05, 4.69) is 10.3 Å². The zero-order valence-corrected chi connectivity index (χ0v) is 17.6. The molecule has 2 aromatic carbocycles. The van der Waals surface area contributed by atoms with E-state index in [1.807, 2.05) is 41.9 Å². The van der Waals surface area contributed by atoms with E-state index in [1.54, 1.807) is 50.6 Å². The van der Waals surface area contributed by atoms with Gasteiger partial charge in [0.15, 0.2) is 0 Å². The van der Waals surface area contributed by atoms with Gasteiger partial charge in [0, 0.05) is 24.0 Å². The fourth-order valence-electron chi connectivity index (χ4n) is 3.22. The summed E-state index contributed by atoms with van der Waals surface area (Å²) in [6.45, 7) is 2.34. The predicted molar refractivity (Wildman–Crippen MR) is 118 cm³/mol. The number of benzene rings is 2. The van der Waals surface area contributed by atoms with Gasteiger partial charge in [-0.25, -0.2) is 4.98 Å². The van der Waals surface area contributed by atoms with Gasteiger partial charge in [0.05, 0.1) is 25.6 Å². The molecular formula is C24H23N3O4. The van der Waals surface area contributed by atoms with Gasteiger partial charge in [0.25, 0.3) is 5.91 Å². The van der Waals surface area contributed by atoms with Crippen LogP contribution in [0.5, 0.6) is 17.2 Å². The topological polar surface area (TPSA) is 74.1 Å². The van der Waals surface area contributed by atoms with Crippen LogP contribution in [0.15, 0.2) is 67.0 Å². The number of hydrogen-bond donors (Lipinski definition) is 1. The molecule has 4 rings (SSSR count). The second-order valence-corrected chi connectivity index (χ2v) is 7.04. The summed E-state index contributed by atoms with van der Waals surface area (Å²) in [6.07, 6.45) is 3.96. The first-order chi connectivity index (χ1) is 15.1. The average Bonchev–Trinajstić information content (AvgIpc) is 3.19. The molecule has 31 heavy (non-hydrogen) atoms. The Hall–Kier alpha value is -4.00. The summed E-state index contributed by atoms with van der Waals surface area (Å²) in [5.41, 5.74) is 3.82. The van der Waals surface area contributed by atoms with E-state index in [0.717, 1.165) is 16.9 Å². The summed E-state index contributed by atoms with van der Waals surface area (Å²) in [5, 5.41) is 2.86. The molecule has 1 N–H and O–H groups in total. The number of imidazole rings is 1. The molecule has 0 atom stereocenters. The maximum atomic E-state index is 12.8. The number of aromatic nitrogens is 2. The van der Waals surface area contributed by atoms with Crippen LogP contribution in [0.4, 0.5) is 5.69 Å². The van der Waals surface area contributed by atoms with Crippen LogP contribution in [-0.4, -0.2) is 29.5 Å². The lowest BCUT2D eigenvalue weighted by molar-refractivity contribution is 0.102. The molecule has 0 unspecified atom stereocenters. The van der Waals surface area contributed by atoms with Crippen LogP contribution in [-0.2, 0) is 6.61 Å². The van der Waals surface area contributed by atoms with Crippen LogP contribution < -0.4 is 19.5 Å². The maximum absolute atomic E-state index is 12.8. The molecule has 0 aliphatic heterocycles. The summed E-state index contributed by atoms with van der Waals surface area (Å²) < 4.78 is 18.4. The van der Waals surface area contributed by atoms with E-state index < -0.39 is 0 Å². The van der Waals surface area contributed by atoms with Crippen LogP contribution in [0.1, 0.15) is 21.6 Å². The monoisotopic (exact) mass is 417 g/mol. The summed E-state index contributed by atoms with van der Waals surface area (Å²) in [4.78, 5) is 17.3. The second-order valence-electron chi connectivity index (χ2n) is 7.04. The second kappa shape index (κ2) is 8.79. The van der Waals surface area contributed by atoms with Gasteiger partial charge in [-0.2, -0.15) is 0 Å². The molecule has 158 valence electrons. The van der Waals surface area contributed by atoms with Gasteiger partial charge in [-0.1, -0.05) is 12.1 Å². The Morgan fingerprint density at radius 1 is 1.00 bits per heavy atom. The zero-order valence-electron chi connectivity index (χ0n) is 17.6. The Bertz CT molecular complexity index is 1230. The molecule has 0 aliphatic rings. The van der Waals surface area contributed by atoms with Crippen LogP contribution in [0.3, 0.4) is 0 Å². The first-order valence-corrected chi connectivity index (χ1v) is 9.76. The minimum Gasteiger partial charge on any atom is -0.497 e. The van der Waals surface area contributed by atoms with Crippen molar-refractivity contribution in [3.63, 3.8) is 0 Å². The summed E-state index contributed by atoms with van der Waals surface area (Å²) in [7, 11) is 3.12. The van der Waals surface area contributed by atoms with Crippen molar-refractivity contribution < 1.29 is 19.0 Å². The lowest BCUT2D eigenvalue weighted by Gasteiger charge is -2.12. The zero-order chi connectivity index (χ0) is 21.8. The van der Waals surface area contributed by atoms with Crippen LogP contribution in [0, 0.1) is 6.92 Å². The minimum atomic E-state index is -0.278. The predicted octanol–water partition coefficient (Wildman–Crippen LogP) is 4.49. The third kappa shape index (κ3) is 4.61. The molecule has 0 bridgehead atoms. The molecule has 1 amide bonds. The highest BCUT2D eigenvalue weighted by Crippen LogP contribution is 2.29. The molecule has 0 spiro atoms. The Labute approximate surface area is 180 Å². The van der Waals surface area contributed by atoms with E-state index in [0.29, 0.717) is 35.1 Å². The molecular weight excluding hydrogens is 394 g/mol. The van der Waals surface area contributed by atoms with Gasteiger partial charge in [0.1, 0.15) is 29.5 Å². The van der Waals surface area contributed by atoms with Gasteiger partial charge < -0.3 is 23.9 Å². The van der Waals surface area contributed by atoms with Gasteiger partial charge in [-0.3, -0.25) is 4.79 Å². The average molecular weight is 417 g/mol.